The van der Waals surface area contributed by atoms with Crippen LogP contribution >= 0.6 is 0 Å². The van der Waals surface area contributed by atoms with E-state index in [0.29, 0.717) is 12.2 Å². The fourth-order valence-corrected chi connectivity index (χ4v) is 1.90. The summed E-state index contributed by atoms with van der Waals surface area (Å²) in [7, 11) is 0. The topological polar surface area (TPSA) is 59.7 Å². The summed E-state index contributed by atoms with van der Waals surface area (Å²) in [6.07, 6.45) is 3.54. The van der Waals surface area contributed by atoms with E-state index in [1.165, 1.54) is 11.8 Å². The van der Waals surface area contributed by atoms with Crippen molar-refractivity contribution in [2.24, 2.45) is 0 Å². The molecule has 1 heterocycles. The van der Waals surface area contributed by atoms with Gasteiger partial charge < -0.3 is 14.3 Å². The second kappa shape index (κ2) is 7.50. The van der Waals surface area contributed by atoms with Crippen LogP contribution in [0.2, 0.25) is 0 Å². The zero-order valence-corrected chi connectivity index (χ0v) is 11.2. The summed E-state index contributed by atoms with van der Waals surface area (Å²) >= 11 is 0. The summed E-state index contributed by atoms with van der Waals surface area (Å²) in [5, 5.41) is 8.85. The molecular weight excluding hydrogens is 256 g/mol. The lowest BCUT2D eigenvalue weighted by atomic mass is 10.1. The maximum atomic E-state index is 11.6. The molecule has 0 amide bonds. The number of esters is 1. The smallest absolute Gasteiger partial charge is 0.306 e. The molecule has 0 aliphatic rings. The molecule has 0 unspecified atom stereocenters. The number of rotatable bonds is 7. The van der Waals surface area contributed by atoms with E-state index < -0.39 is 0 Å². The van der Waals surface area contributed by atoms with Crippen LogP contribution in [0, 0.1) is 0 Å². The molecule has 0 saturated heterocycles. The zero-order valence-electron chi connectivity index (χ0n) is 11.2. The van der Waals surface area contributed by atoms with Crippen molar-refractivity contribution in [2.45, 2.75) is 32.5 Å². The lowest BCUT2D eigenvalue weighted by Crippen LogP contribution is -2.04. The summed E-state index contributed by atoms with van der Waals surface area (Å²) in [6, 6.07) is 11.7. The van der Waals surface area contributed by atoms with Crippen LogP contribution in [0.4, 0.5) is 0 Å². The average Bonchev–Trinajstić information content (AvgIpc) is 2.94. The Morgan fingerprint density at radius 2 is 2.00 bits per heavy atom. The highest BCUT2D eigenvalue weighted by Crippen LogP contribution is 2.10. The van der Waals surface area contributed by atoms with Crippen LogP contribution in [-0.4, -0.2) is 11.1 Å². The maximum absolute atomic E-state index is 11.6. The van der Waals surface area contributed by atoms with Crippen molar-refractivity contribution in [2.75, 3.05) is 0 Å². The molecule has 0 bridgehead atoms. The van der Waals surface area contributed by atoms with Crippen molar-refractivity contribution >= 4 is 5.97 Å². The third-order valence-electron chi connectivity index (χ3n) is 2.95. The monoisotopic (exact) mass is 274 g/mol. The Bertz CT molecular complexity index is 530. The van der Waals surface area contributed by atoms with Gasteiger partial charge in [0.2, 0.25) is 0 Å². The fourth-order valence-electron chi connectivity index (χ4n) is 1.90. The normalized spacial score (nSPS) is 10.4. The Labute approximate surface area is 118 Å². The van der Waals surface area contributed by atoms with E-state index in [-0.39, 0.29) is 19.2 Å². The Morgan fingerprint density at radius 1 is 1.20 bits per heavy atom. The van der Waals surface area contributed by atoms with Crippen LogP contribution in [0.15, 0.2) is 47.1 Å². The first-order chi connectivity index (χ1) is 9.78. The largest absolute Gasteiger partial charge is 0.466 e. The second-order valence-electron chi connectivity index (χ2n) is 4.58. The molecule has 4 heteroatoms. The van der Waals surface area contributed by atoms with Crippen molar-refractivity contribution in [3.63, 3.8) is 0 Å². The second-order valence-corrected chi connectivity index (χ2v) is 4.58. The number of benzene rings is 1. The van der Waals surface area contributed by atoms with E-state index in [9.17, 15) is 4.79 Å². The highest BCUT2D eigenvalue weighted by atomic mass is 16.5. The Hall–Kier alpha value is -2.07. The van der Waals surface area contributed by atoms with Gasteiger partial charge >= 0.3 is 5.97 Å². The average molecular weight is 274 g/mol. The maximum Gasteiger partial charge on any atom is 0.306 e. The molecule has 0 aliphatic carbocycles. The molecule has 20 heavy (non-hydrogen) atoms. The van der Waals surface area contributed by atoms with Gasteiger partial charge in [-0.1, -0.05) is 30.3 Å². The SMILES string of the molecule is O=C(CCCc1ccccc1)OCc1coc(CO)c1. The minimum absolute atomic E-state index is 0.148. The lowest BCUT2D eigenvalue weighted by Gasteiger charge is -2.03. The number of aliphatic hydroxyl groups is 1. The first-order valence-corrected chi connectivity index (χ1v) is 6.64. The van der Waals surface area contributed by atoms with Crippen LogP contribution in [0.1, 0.15) is 29.7 Å². The number of hydrogen-bond acceptors (Lipinski definition) is 4. The molecule has 0 radical (unpaired) electrons. The van der Waals surface area contributed by atoms with E-state index >= 15 is 0 Å². The van der Waals surface area contributed by atoms with Crippen molar-refractivity contribution < 1.29 is 19.1 Å². The Balaban J connectivity index is 1.65. The first kappa shape index (κ1) is 14.3. The van der Waals surface area contributed by atoms with Gasteiger partial charge in [-0.25, -0.2) is 0 Å². The molecule has 0 saturated carbocycles. The van der Waals surface area contributed by atoms with Crippen LogP contribution in [-0.2, 0) is 29.2 Å². The van der Waals surface area contributed by atoms with Crippen molar-refractivity contribution in [3.8, 4) is 0 Å². The van der Waals surface area contributed by atoms with Gasteiger partial charge in [0.25, 0.3) is 0 Å². The number of carbonyl (C=O) groups excluding carboxylic acids is 1. The summed E-state index contributed by atoms with van der Waals surface area (Å²) in [6.45, 7) is 0.0404. The Morgan fingerprint density at radius 3 is 2.70 bits per heavy atom. The van der Waals surface area contributed by atoms with Crippen LogP contribution in [0.3, 0.4) is 0 Å². The molecule has 2 aromatic rings. The van der Waals surface area contributed by atoms with E-state index in [1.54, 1.807) is 6.07 Å². The first-order valence-electron chi connectivity index (χ1n) is 6.64. The predicted octanol–water partition coefficient (Wildman–Crippen LogP) is 2.84. The van der Waals surface area contributed by atoms with Gasteiger partial charge in [0, 0.05) is 12.0 Å². The van der Waals surface area contributed by atoms with Gasteiger partial charge in [0.05, 0.1) is 6.26 Å². The number of furan rings is 1. The highest BCUT2D eigenvalue weighted by molar-refractivity contribution is 5.69. The number of carbonyl (C=O) groups is 1. The molecule has 1 aromatic carbocycles. The third kappa shape index (κ3) is 4.55. The molecular formula is C16H18O4. The summed E-state index contributed by atoms with van der Waals surface area (Å²) in [4.78, 5) is 11.6. The quantitative estimate of drug-likeness (QED) is 0.789. The molecule has 1 aromatic heterocycles. The van der Waals surface area contributed by atoms with E-state index in [4.69, 9.17) is 14.3 Å². The molecule has 0 atom stereocenters. The number of aliphatic hydroxyl groups excluding tert-OH is 1. The zero-order chi connectivity index (χ0) is 14.2. The van der Waals surface area contributed by atoms with Crippen molar-refractivity contribution in [1.29, 1.82) is 0 Å². The van der Waals surface area contributed by atoms with E-state index in [1.807, 2.05) is 30.3 Å². The van der Waals surface area contributed by atoms with Gasteiger partial charge in [-0.3, -0.25) is 4.79 Å². The van der Waals surface area contributed by atoms with Crippen molar-refractivity contribution in [3.05, 3.63) is 59.5 Å². The number of ether oxygens (including phenoxy) is 1. The summed E-state index contributed by atoms with van der Waals surface area (Å²) in [5.74, 6) is 0.257. The van der Waals surface area contributed by atoms with Gasteiger partial charge in [-0.2, -0.15) is 0 Å². The molecule has 2 rings (SSSR count). The van der Waals surface area contributed by atoms with Gasteiger partial charge in [0.1, 0.15) is 19.0 Å². The molecule has 4 nitrogen and oxygen atoms in total. The fraction of sp³-hybridized carbons (Fsp3) is 0.312. The van der Waals surface area contributed by atoms with Crippen molar-refractivity contribution in [1.82, 2.24) is 0 Å². The minimum atomic E-state index is -0.215. The molecule has 0 aliphatic heterocycles. The van der Waals surface area contributed by atoms with Crippen LogP contribution in [0.25, 0.3) is 0 Å². The number of hydrogen-bond donors (Lipinski definition) is 1. The molecule has 1 N–H and O–H groups in total. The van der Waals surface area contributed by atoms with Gasteiger partial charge in [-0.05, 0) is 24.5 Å². The predicted molar refractivity (Wildman–Crippen MR) is 73.8 cm³/mol. The summed E-state index contributed by atoms with van der Waals surface area (Å²) in [5.41, 5.74) is 1.98. The van der Waals surface area contributed by atoms with E-state index in [0.717, 1.165) is 18.4 Å². The van der Waals surface area contributed by atoms with Gasteiger partial charge in [-0.15, -0.1) is 0 Å². The molecule has 0 spiro atoms. The standard InChI is InChI=1S/C16H18O4/c17-10-15-9-14(11-19-15)12-20-16(18)8-4-7-13-5-2-1-3-6-13/h1-3,5-6,9,11,17H,4,7-8,10,12H2. The van der Waals surface area contributed by atoms with E-state index in [2.05, 4.69) is 0 Å². The third-order valence-corrected chi connectivity index (χ3v) is 2.95. The van der Waals surface area contributed by atoms with Crippen LogP contribution < -0.4 is 0 Å². The minimum Gasteiger partial charge on any atom is -0.466 e. The van der Waals surface area contributed by atoms with Crippen LogP contribution in [0.5, 0.6) is 0 Å². The summed E-state index contributed by atoms with van der Waals surface area (Å²) < 4.78 is 10.2. The number of aryl methyl sites for hydroxylation is 1. The van der Waals surface area contributed by atoms with Gasteiger partial charge in [0.15, 0.2) is 0 Å². The highest BCUT2D eigenvalue weighted by Gasteiger charge is 2.06. The molecule has 0 fully saturated rings. The lowest BCUT2D eigenvalue weighted by molar-refractivity contribution is -0.145. The Kier molecular flexibility index (Phi) is 5.38. The molecule has 106 valence electrons.